The van der Waals surface area contributed by atoms with E-state index in [0.717, 1.165) is 134 Å². The molecule has 4 fully saturated rings. The lowest BCUT2D eigenvalue weighted by molar-refractivity contribution is -0.139. The van der Waals surface area contributed by atoms with Gasteiger partial charge in [0.2, 0.25) is 23.6 Å². The molecule has 0 saturated carbocycles. The predicted octanol–water partition coefficient (Wildman–Crippen LogP) is 7.59. The number of amides is 4. The van der Waals surface area contributed by atoms with Crippen LogP contribution in [0.1, 0.15) is 109 Å². The zero-order valence-corrected chi connectivity index (χ0v) is 41.2. The quantitative estimate of drug-likeness (QED) is 0.0913. The molecular formula is C58H64N10O4. The average Bonchev–Trinajstić information content (AvgIpc) is 4.28. The summed E-state index contributed by atoms with van der Waals surface area (Å²) in [4.78, 5) is 72.3. The normalized spacial score (nSPS) is 19.9. The molecule has 0 bridgehead atoms. The van der Waals surface area contributed by atoms with Gasteiger partial charge in [0.15, 0.2) is 0 Å². The monoisotopic (exact) mass is 965 g/mol. The standard InChI is InChI=1S/C58H64N10O4/c1-65-33-27-45(28-34-65)55(69)61-52(43-11-5-3-6-12-43)57(71)67-31-9-15-50(67)48-37-47(63-64-48)41-23-19-39(20-24-41)17-18-40-21-25-42(26-22-40)49-38-59-54(60-49)51-16-10-32-68(51)58(72)53(44-13-7-4-8-14-44)62-56(70)46-29-35-66(2)36-30-46/h3-8,11-14,19-26,37-38,45-46,50-53H,9-10,15-16,27-36H2,1-2H3,(H,59,60)(H,61,69)(H,62,70)(H,63,64)/t50-,51-,52+,53+/m0/s1. The van der Waals surface area contributed by atoms with E-state index in [0.29, 0.717) is 13.1 Å². The van der Waals surface area contributed by atoms with Crippen molar-refractivity contribution in [1.82, 2.24) is 50.4 Å². The van der Waals surface area contributed by atoms with Crippen LogP contribution in [0, 0.1) is 23.7 Å². The second-order valence-electron chi connectivity index (χ2n) is 20.0. The molecule has 4 aromatic carbocycles. The zero-order chi connectivity index (χ0) is 49.6. The molecule has 6 aromatic rings. The van der Waals surface area contributed by atoms with Crippen LogP contribution in [0.5, 0.6) is 0 Å². The molecule has 4 atom stereocenters. The van der Waals surface area contributed by atoms with E-state index in [9.17, 15) is 19.2 Å². The number of nitrogens with one attached hydrogen (secondary N) is 4. The Labute approximate surface area is 422 Å². The third-order valence-corrected chi connectivity index (χ3v) is 15.2. The largest absolute Gasteiger partial charge is 0.340 e. The van der Waals surface area contributed by atoms with Crippen molar-refractivity contribution in [3.63, 3.8) is 0 Å². The van der Waals surface area contributed by atoms with Crippen molar-refractivity contribution in [3.05, 3.63) is 155 Å². The van der Waals surface area contributed by atoms with Crippen LogP contribution in [0.15, 0.2) is 121 Å². The molecule has 10 rings (SSSR count). The zero-order valence-electron chi connectivity index (χ0n) is 41.2. The minimum absolute atomic E-state index is 0.0554. The summed E-state index contributed by atoms with van der Waals surface area (Å²) in [5.74, 6) is 6.78. The molecule has 370 valence electrons. The first kappa shape index (κ1) is 48.3. The van der Waals surface area contributed by atoms with E-state index in [1.165, 1.54) is 0 Å². The highest BCUT2D eigenvalue weighted by Crippen LogP contribution is 2.37. The molecular weight excluding hydrogens is 901 g/mol. The van der Waals surface area contributed by atoms with E-state index in [1.807, 2.05) is 131 Å². The molecule has 4 N–H and O–H groups in total. The number of aromatic nitrogens is 4. The van der Waals surface area contributed by atoms with Crippen LogP contribution in [0.25, 0.3) is 22.5 Å². The van der Waals surface area contributed by atoms with Gasteiger partial charge in [0, 0.05) is 41.6 Å². The molecule has 6 heterocycles. The Kier molecular flexibility index (Phi) is 14.7. The summed E-state index contributed by atoms with van der Waals surface area (Å²) in [6.07, 6.45) is 8.24. The summed E-state index contributed by atoms with van der Waals surface area (Å²) >= 11 is 0. The van der Waals surface area contributed by atoms with Gasteiger partial charge in [0.05, 0.1) is 35.4 Å². The summed E-state index contributed by atoms with van der Waals surface area (Å²) in [7, 11) is 4.15. The predicted molar refractivity (Wildman–Crippen MR) is 276 cm³/mol. The molecule has 4 amide bonds. The van der Waals surface area contributed by atoms with E-state index in [4.69, 9.17) is 4.98 Å². The van der Waals surface area contributed by atoms with Crippen molar-refractivity contribution in [2.24, 2.45) is 11.8 Å². The van der Waals surface area contributed by atoms with Gasteiger partial charge in [-0.25, -0.2) is 4.98 Å². The maximum absolute atomic E-state index is 14.4. The molecule has 0 aliphatic carbocycles. The van der Waals surface area contributed by atoms with Gasteiger partial charge in [-0.05, 0) is 139 Å². The van der Waals surface area contributed by atoms with Gasteiger partial charge >= 0.3 is 0 Å². The Balaban J connectivity index is 0.765. The number of hydrogen-bond donors (Lipinski definition) is 4. The first-order valence-corrected chi connectivity index (χ1v) is 25.7. The van der Waals surface area contributed by atoms with E-state index in [1.54, 1.807) is 0 Å². The van der Waals surface area contributed by atoms with Gasteiger partial charge in [-0.2, -0.15) is 5.10 Å². The van der Waals surface area contributed by atoms with E-state index in [2.05, 4.69) is 61.6 Å². The number of piperidine rings is 2. The summed E-state index contributed by atoms with van der Waals surface area (Å²) in [6.45, 7) is 4.67. The Morgan fingerprint density at radius 2 is 1.06 bits per heavy atom. The molecule has 0 unspecified atom stereocenters. The van der Waals surface area contributed by atoms with Gasteiger partial charge in [0.25, 0.3) is 0 Å². The SMILES string of the molecule is CN1CCC(C(=O)N[C@@H](C(=O)N2CCC[C@H]2c2cc(-c3ccc(C#Cc4ccc(-c5cnc([C@@H]6CCCN6C(=O)[C@H](NC(=O)C6CCN(C)CC6)c6ccccc6)[nH]5)cc4)cc3)n[nH]2)c2ccccc2)CC1. The molecule has 0 radical (unpaired) electrons. The lowest BCUT2D eigenvalue weighted by atomic mass is 9.95. The summed E-state index contributed by atoms with van der Waals surface area (Å²) in [5, 5.41) is 14.2. The number of carbonyl (C=O) groups excluding carboxylic acids is 4. The van der Waals surface area contributed by atoms with E-state index >= 15 is 0 Å². The van der Waals surface area contributed by atoms with Crippen LogP contribution in [0.2, 0.25) is 0 Å². The van der Waals surface area contributed by atoms with Crippen molar-refractivity contribution in [3.8, 4) is 34.4 Å². The number of benzene rings is 4. The van der Waals surface area contributed by atoms with Crippen LogP contribution in [-0.2, 0) is 19.2 Å². The fourth-order valence-electron chi connectivity index (χ4n) is 10.8. The number of likely N-dealkylation sites (tertiary alicyclic amines) is 4. The Morgan fingerprint density at radius 1 is 0.583 bits per heavy atom. The minimum atomic E-state index is -0.769. The number of aromatic amines is 2. The third-order valence-electron chi connectivity index (χ3n) is 15.2. The van der Waals surface area contributed by atoms with Crippen LogP contribution >= 0.6 is 0 Å². The second kappa shape index (κ2) is 22.0. The summed E-state index contributed by atoms with van der Waals surface area (Å²) in [5.41, 5.74) is 7.70. The van der Waals surface area contributed by atoms with Crippen LogP contribution in [0.3, 0.4) is 0 Å². The van der Waals surface area contributed by atoms with Crippen LogP contribution in [0.4, 0.5) is 0 Å². The van der Waals surface area contributed by atoms with Crippen molar-refractivity contribution in [2.75, 3.05) is 53.4 Å². The fourth-order valence-corrected chi connectivity index (χ4v) is 10.8. The van der Waals surface area contributed by atoms with Gasteiger partial charge in [-0.1, -0.05) is 96.8 Å². The van der Waals surface area contributed by atoms with Crippen molar-refractivity contribution in [2.45, 2.75) is 75.5 Å². The van der Waals surface area contributed by atoms with Gasteiger partial charge < -0.3 is 35.2 Å². The highest BCUT2D eigenvalue weighted by molar-refractivity contribution is 5.91. The van der Waals surface area contributed by atoms with Crippen molar-refractivity contribution in [1.29, 1.82) is 0 Å². The highest BCUT2D eigenvalue weighted by atomic mass is 16.2. The molecule has 14 nitrogen and oxygen atoms in total. The number of imidazole rings is 1. The lowest BCUT2D eigenvalue weighted by Gasteiger charge is -2.32. The van der Waals surface area contributed by atoms with Crippen molar-refractivity contribution >= 4 is 23.6 Å². The number of carbonyl (C=O) groups is 4. The Hall–Kier alpha value is -7.34. The molecule has 2 aromatic heterocycles. The first-order chi connectivity index (χ1) is 35.1. The average molecular weight is 965 g/mol. The highest BCUT2D eigenvalue weighted by Gasteiger charge is 2.39. The summed E-state index contributed by atoms with van der Waals surface area (Å²) in [6, 6.07) is 35.3. The number of rotatable bonds is 12. The molecule has 4 aliphatic heterocycles. The van der Waals surface area contributed by atoms with Crippen LogP contribution in [-0.4, -0.2) is 117 Å². The minimum Gasteiger partial charge on any atom is -0.340 e. The maximum Gasteiger partial charge on any atom is 0.250 e. The van der Waals surface area contributed by atoms with E-state index in [-0.39, 0.29) is 47.5 Å². The van der Waals surface area contributed by atoms with Gasteiger partial charge in [-0.3, -0.25) is 24.3 Å². The summed E-state index contributed by atoms with van der Waals surface area (Å²) < 4.78 is 0. The molecule has 4 saturated heterocycles. The molecule has 72 heavy (non-hydrogen) atoms. The lowest BCUT2D eigenvalue weighted by Crippen LogP contribution is -2.46. The second-order valence-corrected chi connectivity index (χ2v) is 20.0. The number of H-pyrrole nitrogens is 2. The molecule has 14 heteroatoms. The third kappa shape index (κ3) is 10.9. The van der Waals surface area contributed by atoms with E-state index < -0.39 is 12.1 Å². The topological polar surface area (TPSA) is 163 Å². The fraction of sp³-hybridized carbons (Fsp3) is 0.379. The van der Waals surface area contributed by atoms with Crippen molar-refractivity contribution < 1.29 is 19.2 Å². The maximum atomic E-state index is 14.4. The molecule has 4 aliphatic rings. The van der Waals surface area contributed by atoms with Crippen LogP contribution < -0.4 is 10.6 Å². The van der Waals surface area contributed by atoms with Gasteiger partial charge in [0.1, 0.15) is 17.9 Å². The smallest absolute Gasteiger partial charge is 0.250 e. The van der Waals surface area contributed by atoms with Gasteiger partial charge in [-0.15, -0.1) is 0 Å². The number of hydrogen-bond acceptors (Lipinski definition) is 8. The molecule has 0 spiro atoms. The first-order valence-electron chi connectivity index (χ1n) is 25.7. The Morgan fingerprint density at radius 3 is 1.57 bits per heavy atom. The number of nitrogens with zero attached hydrogens (tertiary/aromatic N) is 6. The Bertz CT molecular complexity index is 2700.